The molecule has 2 aromatic rings. The summed E-state index contributed by atoms with van der Waals surface area (Å²) in [5.41, 5.74) is 9.51. The molecule has 0 fully saturated rings. The maximum absolute atomic E-state index is 5.93. The van der Waals surface area contributed by atoms with Gasteiger partial charge in [0.1, 0.15) is 11.6 Å². The Morgan fingerprint density at radius 1 is 1.29 bits per heavy atom. The monoisotopic (exact) mass is 327 g/mol. The van der Waals surface area contributed by atoms with E-state index in [0.717, 1.165) is 25.2 Å². The van der Waals surface area contributed by atoms with Crippen molar-refractivity contribution in [1.29, 1.82) is 0 Å². The summed E-state index contributed by atoms with van der Waals surface area (Å²) >= 11 is 0. The Labute approximate surface area is 142 Å². The number of benzene rings is 1. The highest BCUT2D eigenvalue weighted by molar-refractivity contribution is 5.49. The van der Waals surface area contributed by atoms with E-state index >= 15 is 0 Å². The fraction of sp³-hybridized carbons (Fsp3) is 0.500. The average Bonchev–Trinajstić information content (AvgIpc) is 2.57. The molecule has 128 valence electrons. The maximum Gasteiger partial charge on any atom is 0.227 e. The van der Waals surface area contributed by atoms with Crippen molar-refractivity contribution in [1.82, 2.24) is 15.0 Å². The normalized spacial score (nSPS) is 17.8. The summed E-state index contributed by atoms with van der Waals surface area (Å²) in [5, 5.41) is 3.40. The minimum Gasteiger partial charge on any atom is -0.493 e. The van der Waals surface area contributed by atoms with Crippen LogP contribution in [0, 0.1) is 13.8 Å². The predicted molar refractivity (Wildman–Crippen MR) is 95.5 cm³/mol. The molecular formula is C18H25N5O. The Bertz CT molecular complexity index is 746. The molecule has 3 rings (SSSR count). The van der Waals surface area contributed by atoms with E-state index in [-0.39, 0.29) is 12.0 Å². The Morgan fingerprint density at radius 3 is 2.83 bits per heavy atom. The molecule has 1 aromatic carbocycles. The number of anilines is 2. The summed E-state index contributed by atoms with van der Waals surface area (Å²) in [4.78, 5) is 12.8. The zero-order valence-electron chi connectivity index (χ0n) is 14.8. The van der Waals surface area contributed by atoms with Crippen LogP contribution in [-0.4, -0.2) is 27.6 Å². The van der Waals surface area contributed by atoms with Crippen molar-refractivity contribution >= 4 is 11.9 Å². The lowest BCUT2D eigenvalue weighted by atomic mass is 9.85. The largest absolute Gasteiger partial charge is 0.493 e. The number of nitrogens with zero attached hydrogens (tertiary/aromatic N) is 3. The fourth-order valence-corrected chi connectivity index (χ4v) is 3.22. The number of hydrogen-bond acceptors (Lipinski definition) is 6. The fourth-order valence-electron chi connectivity index (χ4n) is 3.22. The first-order valence-electron chi connectivity index (χ1n) is 8.49. The van der Waals surface area contributed by atoms with Gasteiger partial charge in [-0.15, -0.1) is 0 Å². The molecule has 6 nitrogen and oxygen atoms in total. The molecule has 3 N–H and O–H groups in total. The van der Waals surface area contributed by atoms with Gasteiger partial charge in [0.2, 0.25) is 11.9 Å². The first-order valence-corrected chi connectivity index (χ1v) is 8.49. The van der Waals surface area contributed by atoms with Gasteiger partial charge in [-0.25, -0.2) is 0 Å². The van der Waals surface area contributed by atoms with Gasteiger partial charge in [-0.05, 0) is 43.9 Å². The van der Waals surface area contributed by atoms with Gasteiger partial charge >= 0.3 is 0 Å². The second-order valence-corrected chi connectivity index (χ2v) is 6.39. The zero-order valence-corrected chi connectivity index (χ0v) is 14.8. The second-order valence-electron chi connectivity index (χ2n) is 6.39. The summed E-state index contributed by atoms with van der Waals surface area (Å²) in [6.07, 6.45) is 1.69. The van der Waals surface area contributed by atoms with E-state index in [9.17, 15) is 0 Å². The summed E-state index contributed by atoms with van der Waals surface area (Å²) in [6, 6.07) is 4.51. The third kappa shape index (κ3) is 3.13. The predicted octanol–water partition coefficient (Wildman–Crippen LogP) is 3.00. The third-order valence-electron chi connectivity index (χ3n) is 4.76. The van der Waals surface area contributed by atoms with Gasteiger partial charge in [0.05, 0.1) is 6.61 Å². The molecule has 0 saturated heterocycles. The van der Waals surface area contributed by atoms with E-state index in [1.807, 2.05) is 6.92 Å². The van der Waals surface area contributed by atoms with E-state index in [1.165, 1.54) is 16.7 Å². The van der Waals surface area contributed by atoms with Crippen molar-refractivity contribution in [3.05, 3.63) is 34.6 Å². The van der Waals surface area contributed by atoms with E-state index in [0.29, 0.717) is 17.7 Å². The van der Waals surface area contributed by atoms with Gasteiger partial charge in [-0.2, -0.15) is 15.0 Å². The molecule has 1 aliphatic rings. The molecule has 1 aliphatic heterocycles. The number of nitrogens with one attached hydrogen (secondary N) is 1. The van der Waals surface area contributed by atoms with Gasteiger partial charge in [-0.3, -0.25) is 0 Å². The van der Waals surface area contributed by atoms with E-state index in [1.54, 1.807) is 0 Å². The average molecular weight is 327 g/mol. The van der Waals surface area contributed by atoms with Crippen molar-refractivity contribution in [2.75, 3.05) is 17.7 Å². The van der Waals surface area contributed by atoms with Gasteiger partial charge in [-0.1, -0.05) is 19.1 Å². The number of aryl methyl sites for hydroxylation is 2. The zero-order chi connectivity index (χ0) is 17.3. The second kappa shape index (κ2) is 6.63. The van der Waals surface area contributed by atoms with Crippen LogP contribution in [0.1, 0.15) is 48.7 Å². The lowest BCUT2D eigenvalue weighted by molar-refractivity contribution is 0.258. The Kier molecular flexibility index (Phi) is 4.55. The number of ether oxygens (including phenoxy) is 1. The maximum atomic E-state index is 5.93. The van der Waals surface area contributed by atoms with Crippen molar-refractivity contribution in [3.63, 3.8) is 0 Å². The molecule has 1 aromatic heterocycles. The number of nitrogens with two attached hydrogens (primary N) is 1. The highest BCUT2D eigenvalue weighted by Crippen LogP contribution is 2.39. The number of hydrogen-bond donors (Lipinski definition) is 2. The highest BCUT2D eigenvalue weighted by atomic mass is 16.5. The minimum absolute atomic E-state index is 0.168. The third-order valence-corrected chi connectivity index (χ3v) is 4.76. The standard InChI is InChI=1S/C18H25N5O/c1-5-15-21-17(19)23-18(22-15)20-12(4)13-8-9-24-16-11(3)10(2)6-7-14(13)16/h6-7,12-13H,5,8-9H2,1-4H3,(H3,19,20,21,22,23)/t12?,13-/m0/s1. The van der Waals surface area contributed by atoms with Crippen LogP contribution in [0.5, 0.6) is 5.75 Å². The van der Waals surface area contributed by atoms with Crippen LogP contribution in [0.15, 0.2) is 12.1 Å². The topological polar surface area (TPSA) is 86.0 Å². The van der Waals surface area contributed by atoms with E-state index in [4.69, 9.17) is 10.5 Å². The molecule has 1 unspecified atom stereocenters. The van der Waals surface area contributed by atoms with Gasteiger partial charge in [0.15, 0.2) is 0 Å². The lowest BCUT2D eigenvalue weighted by Gasteiger charge is -2.32. The van der Waals surface area contributed by atoms with Crippen LogP contribution in [0.3, 0.4) is 0 Å². The van der Waals surface area contributed by atoms with Crippen molar-refractivity contribution in [3.8, 4) is 5.75 Å². The number of aromatic nitrogens is 3. The van der Waals surface area contributed by atoms with Crippen LogP contribution in [0.4, 0.5) is 11.9 Å². The molecule has 24 heavy (non-hydrogen) atoms. The first-order chi connectivity index (χ1) is 11.5. The van der Waals surface area contributed by atoms with Gasteiger partial charge in [0, 0.05) is 18.4 Å². The van der Waals surface area contributed by atoms with Crippen molar-refractivity contribution < 1.29 is 4.74 Å². The molecule has 0 amide bonds. The molecule has 0 radical (unpaired) electrons. The van der Waals surface area contributed by atoms with Crippen LogP contribution >= 0.6 is 0 Å². The molecule has 6 heteroatoms. The molecule has 0 bridgehead atoms. The summed E-state index contributed by atoms with van der Waals surface area (Å²) in [6.45, 7) is 9.12. The minimum atomic E-state index is 0.168. The highest BCUT2D eigenvalue weighted by Gasteiger charge is 2.28. The lowest BCUT2D eigenvalue weighted by Crippen LogP contribution is -2.30. The molecule has 2 atom stereocenters. The Morgan fingerprint density at radius 2 is 2.08 bits per heavy atom. The quantitative estimate of drug-likeness (QED) is 0.898. The van der Waals surface area contributed by atoms with Crippen molar-refractivity contribution in [2.24, 2.45) is 0 Å². The SMILES string of the molecule is CCc1nc(N)nc(NC(C)[C@@H]2CCOc3c2ccc(C)c3C)n1. The smallest absolute Gasteiger partial charge is 0.227 e. The molecular weight excluding hydrogens is 302 g/mol. The van der Waals surface area contributed by atoms with E-state index in [2.05, 4.69) is 53.2 Å². The van der Waals surface area contributed by atoms with Gasteiger partial charge < -0.3 is 15.8 Å². The Hall–Kier alpha value is -2.37. The first kappa shape index (κ1) is 16.5. The number of rotatable bonds is 4. The number of fused-ring (bicyclic) bond motifs is 1. The van der Waals surface area contributed by atoms with Crippen molar-refractivity contribution in [2.45, 2.75) is 52.5 Å². The van der Waals surface area contributed by atoms with E-state index < -0.39 is 0 Å². The summed E-state index contributed by atoms with van der Waals surface area (Å²) < 4.78 is 5.93. The van der Waals surface area contributed by atoms with Gasteiger partial charge in [0.25, 0.3) is 0 Å². The van der Waals surface area contributed by atoms with Crippen LogP contribution in [0.2, 0.25) is 0 Å². The van der Waals surface area contributed by atoms with Crippen LogP contribution in [0.25, 0.3) is 0 Å². The molecule has 0 aliphatic carbocycles. The molecule has 0 saturated carbocycles. The van der Waals surface area contributed by atoms with Crippen LogP contribution in [-0.2, 0) is 6.42 Å². The summed E-state index contributed by atoms with van der Waals surface area (Å²) in [7, 11) is 0. The molecule has 0 spiro atoms. The number of nitrogen functional groups attached to an aromatic ring is 1. The molecule has 2 heterocycles. The summed E-state index contributed by atoms with van der Waals surface area (Å²) in [5.74, 6) is 2.88. The Balaban J connectivity index is 1.86. The van der Waals surface area contributed by atoms with Crippen LogP contribution < -0.4 is 15.8 Å².